The topological polar surface area (TPSA) is 4.93 Å². The summed E-state index contributed by atoms with van der Waals surface area (Å²) in [4.78, 5) is 0. The third kappa shape index (κ3) is 6.43. The van der Waals surface area contributed by atoms with Crippen molar-refractivity contribution in [3.05, 3.63) is 359 Å². The molecule has 0 unspecified atom stereocenters. The van der Waals surface area contributed by atoms with E-state index in [0.717, 1.165) is 18.5 Å². The predicted octanol–water partition coefficient (Wildman–Crippen LogP) is 22.5. The molecule has 5 aliphatic carbocycles. The highest BCUT2D eigenvalue weighted by atomic mass is 15.0. The molecule has 0 saturated heterocycles. The normalized spacial score (nSPS) is 14.7. The highest BCUT2D eigenvalue weighted by Gasteiger charge is 2.54. The first-order valence-corrected chi connectivity index (χ1v) is 31.5. The summed E-state index contributed by atoms with van der Waals surface area (Å²) < 4.78 is 2.51. The first-order valence-electron chi connectivity index (χ1n) is 31.5. The molecule has 0 saturated carbocycles. The van der Waals surface area contributed by atoms with E-state index in [1.807, 2.05) is 0 Å². The average Bonchev–Trinajstić information content (AvgIpc) is 1.53. The summed E-state index contributed by atoms with van der Waals surface area (Å²) in [6.07, 6.45) is 6.89. The Morgan fingerprint density at radius 1 is 0.258 bits per heavy atom. The van der Waals surface area contributed by atoms with Gasteiger partial charge in [0.1, 0.15) is 0 Å². The molecule has 15 aromatic rings. The Balaban J connectivity index is 0.787. The van der Waals surface area contributed by atoms with Gasteiger partial charge in [-0.05, 0) is 216 Å². The fourth-order valence-corrected chi connectivity index (χ4v) is 17.7. The highest BCUT2D eigenvalue weighted by Crippen LogP contribution is 2.65. The Bertz CT molecular complexity index is 5500. The molecule has 0 bridgehead atoms. The van der Waals surface area contributed by atoms with Crippen LogP contribution < -0.4 is 0 Å². The minimum absolute atomic E-state index is 0.346. The Morgan fingerprint density at radius 2 is 0.618 bits per heavy atom. The number of rotatable bonds is 5. The number of nitrogens with zero attached hydrogens (tertiary/aromatic N) is 1. The zero-order valence-electron chi connectivity index (χ0n) is 48.8. The third-order valence-corrected chi connectivity index (χ3v) is 21.1. The van der Waals surface area contributed by atoms with E-state index in [0.29, 0.717) is 0 Å². The van der Waals surface area contributed by atoms with Crippen LogP contribution in [0.5, 0.6) is 0 Å². The Hall–Kier alpha value is -11.1. The van der Waals surface area contributed by atoms with Gasteiger partial charge in [-0.1, -0.05) is 261 Å². The molecule has 0 aliphatic heterocycles. The minimum Gasteiger partial charge on any atom is -0.309 e. The first-order chi connectivity index (χ1) is 44.2. The average molecular weight is 1130 g/mol. The van der Waals surface area contributed by atoms with Crippen LogP contribution in [0, 0.1) is 0 Å². The summed E-state index contributed by atoms with van der Waals surface area (Å²) >= 11 is 0. The second kappa shape index (κ2) is 18.2. The Morgan fingerprint density at radius 3 is 1.10 bits per heavy atom. The smallest absolute Gasteiger partial charge is 0.0725 e. The second-order valence-corrected chi connectivity index (χ2v) is 25.1. The van der Waals surface area contributed by atoms with Gasteiger partial charge >= 0.3 is 0 Å². The number of allylic oxidation sites excluding steroid dienone is 4. The maximum atomic E-state index is 2.56. The molecule has 412 valence electrons. The van der Waals surface area contributed by atoms with Crippen molar-refractivity contribution < 1.29 is 0 Å². The molecule has 5 aliphatic rings. The molecule has 1 nitrogen and oxygen atoms in total. The highest BCUT2D eigenvalue weighted by molar-refractivity contribution is 6.21. The van der Waals surface area contributed by atoms with Gasteiger partial charge in [0.05, 0.1) is 21.9 Å². The largest absolute Gasteiger partial charge is 0.309 e. The van der Waals surface area contributed by atoms with Gasteiger partial charge in [0.15, 0.2) is 0 Å². The van der Waals surface area contributed by atoms with Crippen LogP contribution in [-0.2, 0) is 10.8 Å². The molecular weight excluding hydrogens is 1070 g/mol. The van der Waals surface area contributed by atoms with E-state index in [2.05, 4.69) is 314 Å². The van der Waals surface area contributed by atoms with Crippen molar-refractivity contribution in [2.45, 2.75) is 23.7 Å². The molecule has 0 amide bonds. The van der Waals surface area contributed by atoms with Crippen LogP contribution in [0.15, 0.2) is 315 Å². The van der Waals surface area contributed by atoms with Crippen LogP contribution in [-0.4, -0.2) is 4.57 Å². The molecule has 20 rings (SSSR count). The van der Waals surface area contributed by atoms with Crippen molar-refractivity contribution in [1.29, 1.82) is 0 Å². The minimum atomic E-state index is -0.430. The lowest BCUT2D eigenvalue weighted by atomic mass is 9.68. The first kappa shape index (κ1) is 49.0. The molecule has 1 heterocycles. The van der Waals surface area contributed by atoms with Gasteiger partial charge in [0.25, 0.3) is 0 Å². The van der Waals surface area contributed by atoms with Gasteiger partial charge in [0, 0.05) is 16.5 Å². The zero-order chi connectivity index (χ0) is 58.1. The number of aromatic nitrogens is 1. The molecule has 0 atom stereocenters. The van der Waals surface area contributed by atoms with Crippen LogP contribution in [0.25, 0.3) is 132 Å². The van der Waals surface area contributed by atoms with Crippen LogP contribution >= 0.6 is 0 Å². The van der Waals surface area contributed by atoms with Gasteiger partial charge in [0.2, 0.25) is 0 Å². The number of hydrogen-bond donors (Lipinski definition) is 0. The van der Waals surface area contributed by atoms with Gasteiger partial charge in [-0.15, -0.1) is 0 Å². The van der Waals surface area contributed by atoms with E-state index >= 15 is 0 Å². The number of fused-ring (bicyclic) bond motifs is 24. The third-order valence-electron chi connectivity index (χ3n) is 21.1. The van der Waals surface area contributed by atoms with Crippen LogP contribution in [0.4, 0.5) is 0 Å². The summed E-state index contributed by atoms with van der Waals surface area (Å²) in [7, 11) is 0. The van der Waals surface area contributed by atoms with E-state index < -0.39 is 5.41 Å². The number of benzene rings is 14. The van der Waals surface area contributed by atoms with Gasteiger partial charge < -0.3 is 4.57 Å². The van der Waals surface area contributed by atoms with Gasteiger partial charge in [-0.2, -0.15) is 0 Å². The molecule has 14 aromatic carbocycles. The van der Waals surface area contributed by atoms with Gasteiger partial charge in [-0.25, -0.2) is 0 Å². The molecule has 1 heteroatoms. The van der Waals surface area contributed by atoms with E-state index in [9.17, 15) is 0 Å². The van der Waals surface area contributed by atoms with E-state index in [4.69, 9.17) is 0 Å². The maximum Gasteiger partial charge on any atom is 0.0725 e. The summed E-state index contributed by atoms with van der Waals surface area (Å²) in [5.74, 6) is 0. The number of hydrogen-bond acceptors (Lipinski definition) is 0. The lowest BCUT2D eigenvalue weighted by molar-refractivity contribution is 0.714. The fraction of sp³-hybridized carbons (Fsp3) is 0.0455. The summed E-state index contributed by atoms with van der Waals surface area (Å²) in [5, 5.41) is 7.48. The van der Waals surface area contributed by atoms with E-state index in [1.165, 1.54) is 177 Å². The van der Waals surface area contributed by atoms with E-state index in [-0.39, 0.29) is 5.41 Å². The van der Waals surface area contributed by atoms with Crippen molar-refractivity contribution >= 4 is 48.9 Å². The summed E-state index contributed by atoms with van der Waals surface area (Å²) in [6, 6.07) is 113. The monoisotopic (exact) mass is 1130 g/mol. The maximum absolute atomic E-state index is 2.56. The second-order valence-electron chi connectivity index (χ2n) is 25.1. The van der Waals surface area contributed by atoms with Gasteiger partial charge in [-0.3, -0.25) is 0 Å². The van der Waals surface area contributed by atoms with Crippen molar-refractivity contribution in [2.24, 2.45) is 0 Å². The molecule has 0 fully saturated rings. The van der Waals surface area contributed by atoms with Crippen LogP contribution in [0.3, 0.4) is 0 Å². The van der Waals surface area contributed by atoms with Crippen molar-refractivity contribution in [1.82, 2.24) is 4.57 Å². The Labute approximate surface area is 517 Å². The standard InChI is InChI=1S/C88H55N/c1-2-20-54(21-3-1)85-69-28-4-6-30-71(69)86(72-31-7-5-29-70(72)85)55-38-44-60(45-39-55)89-83-48-42-56(58-40-46-67-65-26-12-18-36-79(65)87(81(67)52-58)75-32-14-8-22-61(75)62-23-9-15-33-76(62)87)50-73(83)74-51-57(43-49-84(74)89)59-41-47-68-66-27-13-19-37-80(66)88(82(68)53-59)77-34-16-10-24-63(77)64-25-11-17-35-78(64)88/h1-18,20-36,38-53H,19,37H2. The van der Waals surface area contributed by atoms with Crippen LogP contribution in [0.2, 0.25) is 0 Å². The fourth-order valence-electron chi connectivity index (χ4n) is 17.7. The van der Waals surface area contributed by atoms with Crippen LogP contribution in [0.1, 0.15) is 57.3 Å². The summed E-state index contributed by atoms with van der Waals surface area (Å²) in [5.41, 5.74) is 34.4. The van der Waals surface area contributed by atoms with Crippen molar-refractivity contribution in [3.8, 4) is 83.6 Å². The Kier molecular flexibility index (Phi) is 10.0. The molecular formula is C88H55N. The molecule has 0 radical (unpaired) electrons. The van der Waals surface area contributed by atoms with Crippen molar-refractivity contribution in [3.63, 3.8) is 0 Å². The molecule has 89 heavy (non-hydrogen) atoms. The van der Waals surface area contributed by atoms with Crippen molar-refractivity contribution in [2.75, 3.05) is 0 Å². The lowest BCUT2D eigenvalue weighted by Gasteiger charge is -2.33. The quantitative estimate of drug-likeness (QED) is 0.151. The molecule has 2 spiro atoms. The molecule has 0 N–H and O–H groups in total. The van der Waals surface area contributed by atoms with E-state index in [1.54, 1.807) is 0 Å². The lowest BCUT2D eigenvalue weighted by Crippen LogP contribution is -2.27. The predicted molar refractivity (Wildman–Crippen MR) is 371 cm³/mol. The SMILES string of the molecule is C1=CC2=C(CC1)C1(c3cc(-c4ccc5c(c4)c4cc(-c6ccc7c(c6)C6(c8ccccc8-c8ccccc86)c6ccccc6-7)ccc4n5-c4ccc(-c5c6ccccc6c(-c6ccccc6)c6ccccc56)cc4)ccc32)c2ccccc2-c2ccccc21. The summed E-state index contributed by atoms with van der Waals surface area (Å²) in [6.45, 7) is 0. The zero-order valence-corrected chi connectivity index (χ0v) is 48.8. The molecule has 1 aromatic heterocycles.